The fourth-order valence-electron chi connectivity index (χ4n) is 1.28. The monoisotopic (exact) mass is 163 g/mol. The quantitative estimate of drug-likeness (QED) is 0.694. The summed E-state index contributed by atoms with van der Waals surface area (Å²) in [5.41, 5.74) is 6.62. The van der Waals surface area contributed by atoms with Crippen molar-refractivity contribution in [2.45, 2.75) is 19.4 Å². The maximum atomic E-state index is 5.54. The first-order valence-corrected chi connectivity index (χ1v) is 4.24. The Labute approximate surface area is 72.0 Å². The molecule has 0 saturated heterocycles. The van der Waals surface area contributed by atoms with Gasteiger partial charge in [-0.25, -0.2) is 4.98 Å². The molecule has 0 aromatic carbocycles. The zero-order chi connectivity index (χ0) is 8.55. The molecular weight excluding hydrogens is 150 g/mol. The minimum Gasteiger partial charge on any atom is -0.384 e. The third kappa shape index (κ3) is 1.49. The fraction of sp³-hybridized carbons (Fsp3) is 0.444. The normalized spacial score (nSPS) is 26.8. The molecule has 3 nitrogen and oxygen atoms in total. The molecule has 1 heterocycles. The lowest BCUT2D eigenvalue weighted by Gasteiger charge is -2.04. The van der Waals surface area contributed by atoms with Crippen molar-refractivity contribution in [1.29, 1.82) is 0 Å². The Morgan fingerprint density at radius 2 is 2.42 bits per heavy atom. The fourth-order valence-corrected chi connectivity index (χ4v) is 1.28. The van der Waals surface area contributed by atoms with E-state index >= 15 is 0 Å². The van der Waals surface area contributed by atoms with Gasteiger partial charge in [-0.1, -0.05) is 6.92 Å². The molecule has 0 radical (unpaired) electrons. The van der Waals surface area contributed by atoms with Gasteiger partial charge in [-0.3, -0.25) is 0 Å². The molecule has 12 heavy (non-hydrogen) atoms. The van der Waals surface area contributed by atoms with Crippen molar-refractivity contribution in [1.82, 2.24) is 4.98 Å². The maximum Gasteiger partial charge on any atom is 0.125 e. The molecule has 2 unspecified atom stereocenters. The van der Waals surface area contributed by atoms with Crippen LogP contribution in [0.5, 0.6) is 0 Å². The van der Waals surface area contributed by atoms with Crippen molar-refractivity contribution in [3.8, 4) is 0 Å². The van der Waals surface area contributed by atoms with Crippen LogP contribution in [-0.2, 0) is 0 Å². The predicted molar refractivity (Wildman–Crippen MR) is 49.8 cm³/mol. The molecule has 0 aliphatic heterocycles. The van der Waals surface area contributed by atoms with Gasteiger partial charge in [-0.05, 0) is 18.4 Å². The van der Waals surface area contributed by atoms with Crippen LogP contribution >= 0.6 is 0 Å². The first-order chi connectivity index (χ1) is 5.75. The van der Waals surface area contributed by atoms with E-state index in [4.69, 9.17) is 5.73 Å². The number of aromatic nitrogens is 1. The molecule has 1 aromatic rings. The van der Waals surface area contributed by atoms with Gasteiger partial charge in [0.15, 0.2) is 0 Å². The summed E-state index contributed by atoms with van der Waals surface area (Å²) in [5, 5.41) is 3.39. The average Bonchev–Trinajstić information content (AvgIpc) is 2.66. The van der Waals surface area contributed by atoms with Crippen LogP contribution in [0.2, 0.25) is 0 Å². The van der Waals surface area contributed by atoms with Crippen molar-refractivity contribution in [2.75, 3.05) is 11.1 Å². The molecule has 0 spiro atoms. The molecular formula is C9H13N3. The number of nitrogens with one attached hydrogen (secondary N) is 1. The third-order valence-electron chi connectivity index (χ3n) is 2.24. The van der Waals surface area contributed by atoms with E-state index in [1.807, 2.05) is 12.1 Å². The van der Waals surface area contributed by atoms with Gasteiger partial charge in [0.05, 0.1) is 0 Å². The van der Waals surface area contributed by atoms with Crippen LogP contribution in [0.4, 0.5) is 11.5 Å². The van der Waals surface area contributed by atoms with Gasteiger partial charge in [-0.15, -0.1) is 0 Å². The number of anilines is 2. The summed E-state index contributed by atoms with van der Waals surface area (Å²) >= 11 is 0. The molecule has 0 bridgehead atoms. The Hall–Kier alpha value is -1.25. The Morgan fingerprint density at radius 3 is 3.00 bits per heavy atom. The van der Waals surface area contributed by atoms with Crippen LogP contribution in [0.3, 0.4) is 0 Å². The van der Waals surface area contributed by atoms with Gasteiger partial charge in [0.2, 0.25) is 0 Å². The Morgan fingerprint density at radius 1 is 1.67 bits per heavy atom. The first-order valence-electron chi connectivity index (χ1n) is 4.24. The number of nitrogen functional groups attached to an aromatic ring is 1. The minimum absolute atomic E-state index is 0.577. The Kier molecular flexibility index (Phi) is 1.64. The first kappa shape index (κ1) is 7.40. The van der Waals surface area contributed by atoms with Crippen LogP contribution in [0.15, 0.2) is 18.3 Å². The van der Waals surface area contributed by atoms with Crippen molar-refractivity contribution in [3.05, 3.63) is 18.3 Å². The minimum atomic E-state index is 0.577. The number of rotatable bonds is 2. The summed E-state index contributed by atoms with van der Waals surface area (Å²) in [6, 6.07) is 4.46. The zero-order valence-electron chi connectivity index (χ0n) is 7.12. The van der Waals surface area contributed by atoms with Crippen LogP contribution in [0.25, 0.3) is 0 Å². The van der Waals surface area contributed by atoms with Gasteiger partial charge < -0.3 is 11.1 Å². The van der Waals surface area contributed by atoms with E-state index in [9.17, 15) is 0 Å². The van der Waals surface area contributed by atoms with E-state index < -0.39 is 0 Å². The highest BCUT2D eigenvalue weighted by atomic mass is 15.0. The molecule has 0 amide bonds. The molecule has 2 atom stereocenters. The third-order valence-corrected chi connectivity index (χ3v) is 2.24. The maximum absolute atomic E-state index is 5.54. The molecule has 64 valence electrons. The Bertz CT molecular complexity index is 285. The van der Waals surface area contributed by atoms with Crippen LogP contribution in [0, 0.1) is 5.92 Å². The van der Waals surface area contributed by atoms with E-state index in [1.165, 1.54) is 6.42 Å². The lowest BCUT2D eigenvalue weighted by atomic mass is 10.3. The number of nitrogens with zero attached hydrogens (tertiary/aromatic N) is 1. The second-order valence-electron chi connectivity index (χ2n) is 3.43. The molecule has 1 aromatic heterocycles. The summed E-state index contributed by atoms with van der Waals surface area (Å²) in [6.45, 7) is 2.24. The summed E-state index contributed by atoms with van der Waals surface area (Å²) in [4.78, 5) is 3.92. The molecule has 1 aliphatic rings. The standard InChI is InChI=1S/C9H13N3/c1-6-4-8(6)12-7-2-3-11-9(10)5-7/h2-3,5-6,8H,4H2,1H3,(H3,10,11,12). The molecule has 2 rings (SSSR count). The second kappa shape index (κ2) is 2.66. The van der Waals surface area contributed by atoms with E-state index in [2.05, 4.69) is 17.2 Å². The summed E-state index contributed by atoms with van der Waals surface area (Å²) in [6.07, 6.45) is 2.99. The van der Waals surface area contributed by atoms with E-state index in [0.717, 1.165) is 11.6 Å². The molecule has 3 N–H and O–H groups in total. The SMILES string of the molecule is CC1CC1Nc1ccnc(N)c1. The smallest absolute Gasteiger partial charge is 0.125 e. The van der Waals surface area contributed by atoms with Crippen molar-refractivity contribution >= 4 is 11.5 Å². The van der Waals surface area contributed by atoms with Crippen molar-refractivity contribution in [3.63, 3.8) is 0 Å². The predicted octanol–water partition coefficient (Wildman–Crippen LogP) is 1.48. The number of hydrogen-bond donors (Lipinski definition) is 2. The van der Waals surface area contributed by atoms with Crippen molar-refractivity contribution in [2.24, 2.45) is 5.92 Å². The topological polar surface area (TPSA) is 50.9 Å². The van der Waals surface area contributed by atoms with E-state index in [0.29, 0.717) is 11.9 Å². The summed E-state index contributed by atoms with van der Waals surface area (Å²) in [7, 11) is 0. The van der Waals surface area contributed by atoms with E-state index in [1.54, 1.807) is 6.20 Å². The van der Waals surface area contributed by atoms with Crippen molar-refractivity contribution < 1.29 is 0 Å². The molecule has 3 heteroatoms. The highest BCUT2D eigenvalue weighted by molar-refractivity contribution is 5.51. The number of nitrogens with two attached hydrogens (primary N) is 1. The lowest BCUT2D eigenvalue weighted by molar-refractivity contribution is 0.929. The highest BCUT2D eigenvalue weighted by Gasteiger charge is 2.32. The lowest BCUT2D eigenvalue weighted by Crippen LogP contribution is -2.03. The van der Waals surface area contributed by atoms with Gasteiger partial charge >= 0.3 is 0 Å². The van der Waals surface area contributed by atoms with Crippen LogP contribution < -0.4 is 11.1 Å². The van der Waals surface area contributed by atoms with Crippen LogP contribution in [-0.4, -0.2) is 11.0 Å². The molecule has 1 saturated carbocycles. The summed E-state index contributed by atoms with van der Waals surface area (Å²) in [5.74, 6) is 1.38. The second-order valence-corrected chi connectivity index (χ2v) is 3.43. The van der Waals surface area contributed by atoms with Gasteiger partial charge in [0.1, 0.15) is 5.82 Å². The summed E-state index contributed by atoms with van der Waals surface area (Å²) < 4.78 is 0. The van der Waals surface area contributed by atoms with Gasteiger partial charge in [-0.2, -0.15) is 0 Å². The highest BCUT2D eigenvalue weighted by Crippen LogP contribution is 2.32. The average molecular weight is 163 g/mol. The van der Waals surface area contributed by atoms with E-state index in [-0.39, 0.29) is 0 Å². The zero-order valence-corrected chi connectivity index (χ0v) is 7.12. The van der Waals surface area contributed by atoms with Crippen LogP contribution in [0.1, 0.15) is 13.3 Å². The van der Waals surface area contributed by atoms with Gasteiger partial charge in [0.25, 0.3) is 0 Å². The molecule has 1 fully saturated rings. The number of pyridine rings is 1. The van der Waals surface area contributed by atoms with Gasteiger partial charge in [0, 0.05) is 24.0 Å². The molecule has 1 aliphatic carbocycles. The Balaban J connectivity index is 2.03. The number of hydrogen-bond acceptors (Lipinski definition) is 3. The largest absolute Gasteiger partial charge is 0.384 e.